The standard InChI is InChI=1S/C22H22ClNO3S/c23-13-21(25)20(24-22(26)27-14-16-6-2-1-3-7-16)15-28-19-11-10-17-8-4-5-9-18(17)12-19/h1-12,20-21,25H,13-15H2,(H,24,26)/t20-,21?/m0/s1. The Morgan fingerprint density at radius 2 is 1.75 bits per heavy atom. The number of aliphatic hydroxyl groups excluding tert-OH is 1. The van der Waals surface area contributed by atoms with Crippen LogP contribution in [0.4, 0.5) is 4.79 Å². The Bertz CT molecular complexity index is 906. The summed E-state index contributed by atoms with van der Waals surface area (Å²) in [7, 11) is 0. The number of ether oxygens (including phenoxy) is 1. The van der Waals surface area contributed by atoms with Crippen LogP contribution in [-0.4, -0.2) is 35.0 Å². The second-order valence-electron chi connectivity index (χ2n) is 6.35. The zero-order valence-electron chi connectivity index (χ0n) is 15.3. The van der Waals surface area contributed by atoms with Gasteiger partial charge in [-0.1, -0.05) is 60.7 Å². The van der Waals surface area contributed by atoms with E-state index in [0.29, 0.717) is 5.75 Å². The average Bonchev–Trinajstić information content (AvgIpc) is 2.75. The molecule has 3 aromatic carbocycles. The summed E-state index contributed by atoms with van der Waals surface area (Å²) in [4.78, 5) is 13.2. The highest BCUT2D eigenvalue weighted by molar-refractivity contribution is 7.99. The third-order valence-corrected chi connectivity index (χ3v) is 5.72. The van der Waals surface area contributed by atoms with Gasteiger partial charge in [0.25, 0.3) is 0 Å². The molecule has 0 fully saturated rings. The quantitative estimate of drug-likeness (QED) is 0.408. The number of carbonyl (C=O) groups is 1. The highest BCUT2D eigenvalue weighted by Crippen LogP contribution is 2.24. The molecule has 4 nitrogen and oxygen atoms in total. The number of rotatable bonds is 8. The third-order valence-electron chi connectivity index (χ3n) is 4.29. The van der Waals surface area contributed by atoms with Crippen molar-refractivity contribution in [3.63, 3.8) is 0 Å². The van der Waals surface area contributed by atoms with E-state index < -0.39 is 18.2 Å². The molecule has 3 rings (SSSR count). The van der Waals surface area contributed by atoms with Gasteiger partial charge in [-0.05, 0) is 28.5 Å². The molecule has 0 heterocycles. The monoisotopic (exact) mass is 415 g/mol. The Labute approximate surface area is 173 Å². The van der Waals surface area contributed by atoms with Crippen molar-refractivity contribution in [2.24, 2.45) is 0 Å². The molecule has 6 heteroatoms. The summed E-state index contributed by atoms with van der Waals surface area (Å²) in [6, 6.07) is 23.2. The van der Waals surface area contributed by atoms with Crippen molar-refractivity contribution in [1.82, 2.24) is 5.32 Å². The maximum atomic E-state index is 12.1. The number of nitrogens with one attached hydrogen (secondary N) is 1. The summed E-state index contributed by atoms with van der Waals surface area (Å²) >= 11 is 7.37. The molecular formula is C22H22ClNO3S. The number of thioether (sulfide) groups is 1. The number of aliphatic hydroxyl groups is 1. The molecule has 0 spiro atoms. The topological polar surface area (TPSA) is 58.6 Å². The summed E-state index contributed by atoms with van der Waals surface area (Å²) in [6.07, 6.45) is -1.43. The largest absolute Gasteiger partial charge is 0.445 e. The number of amides is 1. The van der Waals surface area contributed by atoms with Crippen LogP contribution in [0.1, 0.15) is 5.56 Å². The Morgan fingerprint density at radius 1 is 1.04 bits per heavy atom. The summed E-state index contributed by atoms with van der Waals surface area (Å²) in [5, 5.41) is 15.2. The summed E-state index contributed by atoms with van der Waals surface area (Å²) in [5.41, 5.74) is 0.901. The van der Waals surface area contributed by atoms with Gasteiger partial charge in [0, 0.05) is 10.6 Å². The fourth-order valence-corrected chi connectivity index (χ4v) is 3.98. The van der Waals surface area contributed by atoms with Crippen LogP contribution in [0.5, 0.6) is 0 Å². The Kier molecular flexibility index (Phi) is 7.60. The summed E-state index contributed by atoms with van der Waals surface area (Å²) in [5.74, 6) is 0.509. The highest BCUT2D eigenvalue weighted by atomic mass is 35.5. The van der Waals surface area contributed by atoms with Gasteiger partial charge in [-0.3, -0.25) is 0 Å². The van der Waals surface area contributed by atoms with Crippen LogP contribution < -0.4 is 5.32 Å². The smallest absolute Gasteiger partial charge is 0.407 e. The van der Waals surface area contributed by atoms with Crippen LogP contribution >= 0.6 is 23.4 Å². The van der Waals surface area contributed by atoms with Crippen LogP contribution in [0.15, 0.2) is 77.7 Å². The Balaban J connectivity index is 1.57. The predicted molar refractivity (Wildman–Crippen MR) is 115 cm³/mol. The van der Waals surface area contributed by atoms with Crippen molar-refractivity contribution in [2.45, 2.75) is 23.6 Å². The second kappa shape index (κ2) is 10.4. The predicted octanol–water partition coefficient (Wildman–Crippen LogP) is 4.83. The number of halogens is 1. The van der Waals surface area contributed by atoms with Gasteiger partial charge in [-0.15, -0.1) is 23.4 Å². The first kappa shape index (κ1) is 20.5. The average molecular weight is 416 g/mol. The number of alkyl carbamates (subject to hydrolysis) is 1. The number of fused-ring (bicyclic) bond motifs is 1. The molecular weight excluding hydrogens is 394 g/mol. The van der Waals surface area contributed by atoms with Gasteiger partial charge in [0.05, 0.1) is 18.0 Å². The SMILES string of the molecule is O=C(N[C@@H](CSc1ccc2ccccc2c1)C(O)CCl)OCc1ccccc1. The number of hydrogen-bond donors (Lipinski definition) is 2. The van der Waals surface area contributed by atoms with E-state index in [0.717, 1.165) is 15.8 Å². The van der Waals surface area contributed by atoms with Crippen molar-refractivity contribution >= 4 is 40.2 Å². The van der Waals surface area contributed by atoms with E-state index in [2.05, 4.69) is 29.6 Å². The number of benzene rings is 3. The lowest BCUT2D eigenvalue weighted by molar-refractivity contribution is 0.115. The number of carbonyl (C=O) groups excluding carboxylic acids is 1. The van der Waals surface area contributed by atoms with Crippen LogP contribution in [-0.2, 0) is 11.3 Å². The van der Waals surface area contributed by atoms with Gasteiger partial charge in [-0.25, -0.2) is 4.79 Å². The minimum absolute atomic E-state index is 0.0297. The van der Waals surface area contributed by atoms with Gasteiger partial charge in [0.15, 0.2) is 0 Å². The van der Waals surface area contributed by atoms with Crippen LogP contribution in [0.2, 0.25) is 0 Å². The van der Waals surface area contributed by atoms with Crippen molar-refractivity contribution in [2.75, 3.05) is 11.6 Å². The molecule has 0 bridgehead atoms. The van der Waals surface area contributed by atoms with Crippen LogP contribution in [0.3, 0.4) is 0 Å². The van der Waals surface area contributed by atoms with Gasteiger partial charge in [0.2, 0.25) is 0 Å². The van der Waals surface area contributed by atoms with E-state index in [1.54, 1.807) is 11.8 Å². The molecule has 146 valence electrons. The fraction of sp³-hybridized carbons (Fsp3) is 0.227. The summed E-state index contributed by atoms with van der Waals surface area (Å²) in [6.45, 7) is 0.175. The molecule has 0 aromatic heterocycles. The first-order valence-corrected chi connectivity index (χ1v) is 10.5. The maximum Gasteiger partial charge on any atom is 0.407 e. The van der Waals surface area contributed by atoms with Gasteiger partial charge in [-0.2, -0.15) is 0 Å². The van der Waals surface area contributed by atoms with E-state index in [1.165, 1.54) is 5.39 Å². The van der Waals surface area contributed by atoms with Crippen molar-refractivity contribution < 1.29 is 14.6 Å². The fourth-order valence-electron chi connectivity index (χ4n) is 2.72. The molecule has 0 radical (unpaired) electrons. The molecule has 2 atom stereocenters. The molecule has 0 aliphatic heterocycles. The lowest BCUT2D eigenvalue weighted by Gasteiger charge is -2.22. The van der Waals surface area contributed by atoms with E-state index in [9.17, 15) is 9.90 Å². The van der Waals surface area contributed by atoms with E-state index in [4.69, 9.17) is 16.3 Å². The molecule has 0 aliphatic rings. The molecule has 2 N–H and O–H groups in total. The first-order chi connectivity index (χ1) is 13.7. The van der Waals surface area contributed by atoms with Gasteiger partial charge < -0.3 is 15.2 Å². The first-order valence-electron chi connectivity index (χ1n) is 8.98. The molecule has 0 aliphatic carbocycles. The number of alkyl halides is 1. The van der Waals surface area contributed by atoms with Crippen molar-refractivity contribution in [3.8, 4) is 0 Å². The molecule has 3 aromatic rings. The normalized spacial score (nSPS) is 13.1. The van der Waals surface area contributed by atoms with Crippen LogP contribution in [0.25, 0.3) is 10.8 Å². The second-order valence-corrected chi connectivity index (χ2v) is 7.76. The highest BCUT2D eigenvalue weighted by Gasteiger charge is 2.21. The van der Waals surface area contributed by atoms with E-state index in [1.807, 2.05) is 48.5 Å². The Hall–Kier alpha value is -2.21. The zero-order valence-corrected chi connectivity index (χ0v) is 16.8. The van der Waals surface area contributed by atoms with Crippen LogP contribution in [0, 0.1) is 0 Å². The van der Waals surface area contributed by atoms with E-state index in [-0.39, 0.29) is 12.5 Å². The summed E-state index contributed by atoms with van der Waals surface area (Å²) < 4.78 is 5.25. The van der Waals surface area contributed by atoms with Crippen molar-refractivity contribution in [1.29, 1.82) is 0 Å². The molecule has 28 heavy (non-hydrogen) atoms. The van der Waals surface area contributed by atoms with Crippen molar-refractivity contribution in [3.05, 3.63) is 78.4 Å². The molecule has 0 saturated carbocycles. The molecule has 1 unspecified atom stereocenters. The molecule has 1 amide bonds. The lowest BCUT2D eigenvalue weighted by atomic mass is 10.1. The number of hydrogen-bond acceptors (Lipinski definition) is 4. The molecule has 0 saturated heterocycles. The zero-order chi connectivity index (χ0) is 19.8. The third kappa shape index (κ3) is 5.89. The minimum Gasteiger partial charge on any atom is -0.445 e. The van der Waals surface area contributed by atoms with Gasteiger partial charge in [0.1, 0.15) is 6.61 Å². The Morgan fingerprint density at radius 3 is 2.50 bits per heavy atom. The lowest BCUT2D eigenvalue weighted by Crippen LogP contribution is -2.46. The minimum atomic E-state index is -0.862. The van der Waals surface area contributed by atoms with E-state index >= 15 is 0 Å². The van der Waals surface area contributed by atoms with Gasteiger partial charge >= 0.3 is 6.09 Å². The maximum absolute atomic E-state index is 12.1.